The SMILES string of the molecule is CCOC(=O)C1=C(C)N=c2s/c(=C\c3ccc(OCc4ccc([N+](=O)[O-])cc4)c(Br)c3)c(=O)n2[C@@H]1c1ccc(OC)cc1OC. The predicted molar refractivity (Wildman–Crippen MR) is 172 cm³/mol. The zero-order valence-corrected chi connectivity index (χ0v) is 27.1. The van der Waals surface area contributed by atoms with E-state index >= 15 is 0 Å². The van der Waals surface area contributed by atoms with Gasteiger partial charge in [0.05, 0.1) is 46.0 Å². The molecule has 0 fully saturated rings. The molecule has 0 saturated carbocycles. The summed E-state index contributed by atoms with van der Waals surface area (Å²) in [4.78, 5) is 42.7. The van der Waals surface area contributed by atoms with Crippen molar-refractivity contribution in [2.45, 2.75) is 26.5 Å². The molecule has 0 N–H and O–H groups in total. The summed E-state index contributed by atoms with van der Waals surface area (Å²) >= 11 is 4.75. The monoisotopic (exact) mass is 693 g/mol. The fourth-order valence-electron chi connectivity index (χ4n) is 4.88. The molecule has 45 heavy (non-hydrogen) atoms. The Kier molecular flexibility index (Phi) is 9.49. The number of thiazole rings is 1. The van der Waals surface area contributed by atoms with E-state index in [-0.39, 0.29) is 30.0 Å². The molecular formula is C32H28BrN3O8S. The van der Waals surface area contributed by atoms with Crippen LogP contribution in [-0.4, -0.2) is 36.3 Å². The molecule has 1 aromatic heterocycles. The normalized spacial score (nSPS) is 14.4. The lowest BCUT2D eigenvalue weighted by atomic mass is 9.95. The summed E-state index contributed by atoms with van der Waals surface area (Å²) in [6.45, 7) is 3.81. The maximum Gasteiger partial charge on any atom is 0.338 e. The number of nitro groups is 1. The molecule has 5 rings (SSSR count). The van der Waals surface area contributed by atoms with Crippen LogP contribution in [0.15, 0.2) is 86.2 Å². The van der Waals surface area contributed by atoms with Gasteiger partial charge in [0.2, 0.25) is 0 Å². The van der Waals surface area contributed by atoms with Crippen molar-refractivity contribution in [3.63, 3.8) is 0 Å². The summed E-state index contributed by atoms with van der Waals surface area (Å²) < 4.78 is 24.9. The van der Waals surface area contributed by atoms with Crippen molar-refractivity contribution in [3.8, 4) is 17.2 Å². The number of allylic oxidation sites excluding steroid dienone is 1. The van der Waals surface area contributed by atoms with Crippen LogP contribution in [0, 0.1) is 10.1 Å². The molecule has 3 aromatic carbocycles. The van der Waals surface area contributed by atoms with Crippen LogP contribution in [0.5, 0.6) is 17.2 Å². The van der Waals surface area contributed by atoms with Gasteiger partial charge < -0.3 is 18.9 Å². The standard InChI is InChI=1S/C32H28BrN3O8S/c1-5-43-31(38)28-18(2)34-32-35(29(28)23-12-11-22(41-3)16-26(23)42-4)30(37)27(45-32)15-20-8-13-25(24(33)14-20)44-17-19-6-9-21(10-7-19)36(39)40/h6-16,29H,5,17H2,1-4H3/b27-15-/t29-/m1/s1. The maximum atomic E-state index is 14.0. The molecule has 0 radical (unpaired) electrons. The number of esters is 1. The van der Waals surface area contributed by atoms with Gasteiger partial charge in [0.1, 0.15) is 29.9 Å². The Labute approximate surface area is 269 Å². The molecular weight excluding hydrogens is 666 g/mol. The first-order valence-electron chi connectivity index (χ1n) is 13.7. The summed E-state index contributed by atoms with van der Waals surface area (Å²) in [7, 11) is 3.06. The average molecular weight is 695 g/mol. The molecule has 11 nitrogen and oxygen atoms in total. The minimum Gasteiger partial charge on any atom is -0.497 e. The molecule has 0 bridgehead atoms. The topological polar surface area (TPSA) is 131 Å². The third kappa shape index (κ3) is 6.54. The van der Waals surface area contributed by atoms with Gasteiger partial charge in [-0.25, -0.2) is 9.79 Å². The molecule has 0 spiro atoms. The number of halogens is 1. The first kappa shape index (κ1) is 31.7. The van der Waals surface area contributed by atoms with Gasteiger partial charge in [-0.3, -0.25) is 19.5 Å². The number of fused-ring (bicyclic) bond motifs is 1. The number of benzene rings is 3. The molecule has 13 heteroatoms. The predicted octanol–water partition coefficient (Wildman–Crippen LogP) is 5.07. The first-order valence-corrected chi connectivity index (χ1v) is 15.3. The smallest absolute Gasteiger partial charge is 0.338 e. The van der Waals surface area contributed by atoms with E-state index in [4.69, 9.17) is 18.9 Å². The van der Waals surface area contributed by atoms with Gasteiger partial charge in [-0.15, -0.1) is 0 Å². The van der Waals surface area contributed by atoms with Crippen molar-refractivity contribution >= 4 is 45.0 Å². The lowest BCUT2D eigenvalue weighted by Crippen LogP contribution is -2.40. The average Bonchev–Trinajstić information content (AvgIpc) is 3.33. The number of carbonyl (C=O) groups excluding carboxylic acids is 1. The number of hydrogen-bond acceptors (Lipinski definition) is 10. The van der Waals surface area contributed by atoms with E-state index in [9.17, 15) is 19.7 Å². The van der Waals surface area contributed by atoms with Crippen LogP contribution in [0.2, 0.25) is 0 Å². The molecule has 0 unspecified atom stereocenters. The fraction of sp³-hybridized carbons (Fsp3) is 0.219. The Bertz CT molecular complexity index is 2000. The number of nitro benzene ring substituents is 1. The van der Waals surface area contributed by atoms with Gasteiger partial charge in [-0.2, -0.15) is 0 Å². The van der Waals surface area contributed by atoms with Crippen molar-refractivity contribution in [2.75, 3.05) is 20.8 Å². The highest BCUT2D eigenvalue weighted by atomic mass is 79.9. The summed E-state index contributed by atoms with van der Waals surface area (Å²) in [5.41, 5.74) is 2.47. The quantitative estimate of drug-likeness (QED) is 0.128. The molecule has 1 atom stereocenters. The highest BCUT2D eigenvalue weighted by Gasteiger charge is 2.35. The zero-order chi connectivity index (χ0) is 32.2. The number of nitrogens with zero attached hydrogens (tertiary/aromatic N) is 3. The highest BCUT2D eigenvalue weighted by Crippen LogP contribution is 2.37. The Morgan fingerprint density at radius 1 is 1.09 bits per heavy atom. The van der Waals surface area contributed by atoms with E-state index in [1.54, 1.807) is 63.4 Å². The van der Waals surface area contributed by atoms with E-state index in [0.29, 0.717) is 42.3 Å². The number of aromatic nitrogens is 1. The number of methoxy groups -OCH3 is 2. The van der Waals surface area contributed by atoms with E-state index in [0.717, 1.165) is 11.1 Å². The molecule has 0 amide bonds. The molecule has 4 aromatic rings. The van der Waals surface area contributed by atoms with Crippen LogP contribution < -0.4 is 29.1 Å². The first-order chi connectivity index (χ1) is 21.6. The minimum atomic E-state index is -0.842. The van der Waals surface area contributed by atoms with Crippen molar-refractivity contribution in [1.82, 2.24) is 4.57 Å². The van der Waals surface area contributed by atoms with E-state index in [1.807, 2.05) is 12.1 Å². The van der Waals surface area contributed by atoms with Crippen LogP contribution in [-0.2, 0) is 16.1 Å². The molecule has 0 saturated heterocycles. The van der Waals surface area contributed by atoms with Gasteiger partial charge >= 0.3 is 5.97 Å². The number of hydrogen-bond donors (Lipinski definition) is 0. The fourth-order valence-corrected chi connectivity index (χ4v) is 6.44. The Morgan fingerprint density at radius 3 is 2.49 bits per heavy atom. The second-order valence-corrected chi connectivity index (χ2v) is 11.7. The summed E-state index contributed by atoms with van der Waals surface area (Å²) in [5.74, 6) is 1.00. The lowest BCUT2D eigenvalue weighted by molar-refractivity contribution is -0.384. The highest BCUT2D eigenvalue weighted by molar-refractivity contribution is 9.10. The third-order valence-electron chi connectivity index (χ3n) is 7.05. The van der Waals surface area contributed by atoms with Crippen LogP contribution >= 0.6 is 27.3 Å². The largest absolute Gasteiger partial charge is 0.497 e. The van der Waals surface area contributed by atoms with E-state index < -0.39 is 16.9 Å². The molecule has 1 aliphatic rings. The molecule has 232 valence electrons. The number of rotatable bonds is 10. The van der Waals surface area contributed by atoms with E-state index in [1.165, 1.54) is 35.1 Å². The van der Waals surface area contributed by atoms with Crippen molar-refractivity contribution in [2.24, 2.45) is 4.99 Å². The number of carbonyl (C=O) groups is 1. The van der Waals surface area contributed by atoms with Gasteiger partial charge in [-0.05, 0) is 83.4 Å². The summed E-state index contributed by atoms with van der Waals surface area (Å²) in [6, 6.07) is 15.9. The lowest BCUT2D eigenvalue weighted by Gasteiger charge is -2.26. The second-order valence-electron chi connectivity index (χ2n) is 9.81. The third-order valence-corrected chi connectivity index (χ3v) is 8.65. The van der Waals surface area contributed by atoms with Gasteiger partial charge in [-0.1, -0.05) is 17.4 Å². The van der Waals surface area contributed by atoms with Crippen LogP contribution in [0.25, 0.3) is 6.08 Å². The van der Waals surface area contributed by atoms with Gasteiger partial charge in [0.25, 0.3) is 11.2 Å². The van der Waals surface area contributed by atoms with Crippen molar-refractivity contribution < 1.29 is 28.7 Å². The van der Waals surface area contributed by atoms with Crippen LogP contribution in [0.1, 0.15) is 36.6 Å². The Hall–Kier alpha value is -4.75. The van der Waals surface area contributed by atoms with Gasteiger partial charge in [0, 0.05) is 23.8 Å². The molecule has 1 aliphatic heterocycles. The second kappa shape index (κ2) is 13.5. The summed E-state index contributed by atoms with van der Waals surface area (Å²) in [5, 5.41) is 10.9. The Morgan fingerprint density at radius 2 is 1.84 bits per heavy atom. The van der Waals surface area contributed by atoms with Crippen LogP contribution in [0.3, 0.4) is 0 Å². The molecule has 2 heterocycles. The zero-order valence-electron chi connectivity index (χ0n) is 24.7. The van der Waals surface area contributed by atoms with Crippen molar-refractivity contribution in [3.05, 3.63) is 123 Å². The molecule has 0 aliphatic carbocycles. The van der Waals surface area contributed by atoms with Crippen LogP contribution in [0.4, 0.5) is 5.69 Å². The van der Waals surface area contributed by atoms with Crippen molar-refractivity contribution in [1.29, 1.82) is 0 Å². The summed E-state index contributed by atoms with van der Waals surface area (Å²) in [6.07, 6.45) is 1.75. The Balaban J connectivity index is 1.52. The van der Waals surface area contributed by atoms with E-state index in [2.05, 4.69) is 20.9 Å². The maximum absolute atomic E-state index is 14.0. The number of ether oxygens (including phenoxy) is 4. The number of non-ortho nitro benzene ring substituents is 1. The minimum absolute atomic E-state index is 0.0105. The van der Waals surface area contributed by atoms with Gasteiger partial charge in [0.15, 0.2) is 4.80 Å².